The Morgan fingerprint density at radius 2 is 1.83 bits per heavy atom. The van der Waals surface area contributed by atoms with Gasteiger partial charge in [0.1, 0.15) is 5.75 Å². The molecule has 30 heavy (non-hydrogen) atoms. The van der Waals surface area contributed by atoms with E-state index < -0.39 is 16.0 Å². The van der Waals surface area contributed by atoms with Crippen molar-refractivity contribution in [2.45, 2.75) is 37.3 Å². The summed E-state index contributed by atoms with van der Waals surface area (Å²) in [7, 11) is -3.64. The minimum Gasteiger partial charge on any atom is -0.491 e. The Morgan fingerprint density at radius 1 is 1.13 bits per heavy atom. The number of carbonyl (C=O) groups is 1. The summed E-state index contributed by atoms with van der Waals surface area (Å²) < 4.78 is 35.2. The van der Waals surface area contributed by atoms with E-state index in [1.165, 1.54) is 4.31 Å². The summed E-state index contributed by atoms with van der Waals surface area (Å²) in [6.07, 6.45) is 2.25. The highest BCUT2D eigenvalue weighted by Gasteiger charge is 2.34. The first-order valence-corrected chi connectivity index (χ1v) is 11.3. The molecule has 0 spiro atoms. The molecule has 7 nitrogen and oxygen atoms in total. The van der Waals surface area contributed by atoms with E-state index in [0.717, 1.165) is 5.52 Å². The smallest absolute Gasteiger partial charge is 0.337 e. The first-order valence-electron chi connectivity index (χ1n) is 9.87. The number of hydrogen-bond donors (Lipinski definition) is 1. The van der Waals surface area contributed by atoms with Gasteiger partial charge in [0.15, 0.2) is 0 Å². The zero-order valence-electron chi connectivity index (χ0n) is 16.9. The van der Waals surface area contributed by atoms with Gasteiger partial charge < -0.3 is 14.4 Å². The second kappa shape index (κ2) is 7.77. The molecule has 4 rings (SSSR count). The number of aromatic nitrogens is 1. The molecule has 1 aliphatic heterocycles. The molecule has 1 saturated heterocycles. The summed E-state index contributed by atoms with van der Waals surface area (Å²) in [5.41, 5.74) is 1.03. The molecular formula is C22H24N2O5S. The lowest BCUT2D eigenvalue weighted by atomic mass is 10.2. The molecule has 158 valence electrons. The summed E-state index contributed by atoms with van der Waals surface area (Å²) in [6.45, 7) is 4.50. The topological polar surface area (TPSA) is 88.8 Å². The van der Waals surface area contributed by atoms with Crippen molar-refractivity contribution in [3.05, 3.63) is 60.3 Å². The SMILES string of the molecule is CC(C)Oc1ccc(S(=O)(=O)N2CCC(n3cc(C(=O)O)c4ccccc43)C2)cc1. The van der Waals surface area contributed by atoms with Crippen LogP contribution in [0.25, 0.3) is 10.9 Å². The second-order valence-electron chi connectivity index (χ2n) is 7.72. The maximum Gasteiger partial charge on any atom is 0.337 e. The molecule has 0 aliphatic carbocycles. The molecule has 1 unspecified atom stereocenters. The highest BCUT2D eigenvalue weighted by molar-refractivity contribution is 7.89. The van der Waals surface area contributed by atoms with E-state index >= 15 is 0 Å². The predicted molar refractivity (Wildman–Crippen MR) is 114 cm³/mol. The number of carboxylic acids is 1. The molecule has 1 atom stereocenters. The van der Waals surface area contributed by atoms with Crippen LogP contribution >= 0.6 is 0 Å². The molecule has 1 aliphatic rings. The summed E-state index contributed by atoms with van der Waals surface area (Å²) in [4.78, 5) is 11.8. The fraction of sp³-hybridized carbons (Fsp3) is 0.318. The van der Waals surface area contributed by atoms with Crippen molar-refractivity contribution >= 4 is 26.9 Å². The molecule has 8 heteroatoms. The third-order valence-corrected chi connectivity index (χ3v) is 7.20. The van der Waals surface area contributed by atoms with Gasteiger partial charge in [-0.1, -0.05) is 18.2 Å². The van der Waals surface area contributed by atoms with Crippen molar-refractivity contribution in [2.24, 2.45) is 0 Å². The van der Waals surface area contributed by atoms with Gasteiger partial charge in [0, 0.05) is 36.2 Å². The lowest BCUT2D eigenvalue weighted by Gasteiger charge is -2.18. The molecule has 0 radical (unpaired) electrons. The van der Waals surface area contributed by atoms with Crippen molar-refractivity contribution in [1.29, 1.82) is 0 Å². The molecule has 1 aromatic heterocycles. The van der Waals surface area contributed by atoms with Crippen molar-refractivity contribution in [1.82, 2.24) is 8.87 Å². The molecule has 3 aromatic rings. The zero-order chi connectivity index (χ0) is 21.5. The van der Waals surface area contributed by atoms with Gasteiger partial charge in [0.25, 0.3) is 0 Å². The number of carboxylic acid groups (broad SMARTS) is 1. The van der Waals surface area contributed by atoms with Gasteiger partial charge in [-0.25, -0.2) is 13.2 Å². The van der Waals surface area contributed by atoms with Gasteiger partial charge in [-0.15, -0.1) is 0 Å². The van der Waals surface area contributed by atoms with Crippen LogP contribution in [0.1, 0.15) is 36.7 Å². The number of fused-ring (bicyclic) bond motifs is 1. The Kier molecular flexibility index (Phi) is 5.29. The average Bonchev–Trinajstić information content (AvgIpc) is 3.33. The Morgan fingerprint density at radius 3 is 2.50 bits per heavy atom. The van der Waals surface area contributed by atoms with Crippen LogP contribution < -0.4 is 4.74 Å². The van der Waals surface area contributed by atoms with Crippen LogP contribution in [0.2, 0.25) is 0 Å². The fourth-order valence-electron chi connectivity index (χ4n) is 3.94. The van der Waals surface area contributed by atoms with E-state index in [2.05, 4.69) is 0 Å². The van der Waals surface area contributed by atoms with Crippen molar-refractivity contribution < 1.29 is 23.1 Å². The highest BCUT2D eigenvalue weighted by Crippen LogP contribution is 2.32. The van der Waals surface area contributed by atoms with Gasteiger partial charge in [-0.2, -0.15) is 4.31 Å². The molecule has 0 saturated carbocycles. The number of nitrogens with zero attached hydrogens (tertiary/aromatic N) is 2. The van der Waals surface area contributed by atoms with E-state index in [1.54, 1.807) is 42.6 Å². The van der Waals surface area contributed by atoms with Crippen molar-refractivity contribution in [3.63, 3.8) is 0 Å². The fourth-order valence-corrected chi connectivity index (χ4v) is 5.44. The molecular weight excluding hydrogens is 404 g/mol. The van der Waals surface area contributed by atoms with Gasteiger partial charge in [-0.3, -0.25) is 0 Å². The van der Waals surface area contributed by atoms with E-state index in [9.17, 15) is 18.3 Å². The summed E-state index contributed by atoms with van der Waals surface area (Å²) in [5, 5.41) is 10.2. The van der Waals surface area contributed by atoms with Gasteiger partial charge in [0.2, 0.25) is 10.0 Å². The minimum atomic E-state index is -3.64. The molecule has 2 heterocycles. The first kappa shape index (κ1) is 20.4. The van der Waals surface area contributed by atoms with Crippen LogP contribution in [-0.2, 0) is 10.0 Å². The van der Waals surface area contributed by atoms with E-state index in [-0.39, 0.29) is 22.6 Å². The van der Waals surface area contributed by atoms with Crippen LogP contribution in [0.5, 0.6) is 5.75 Å². The van der Waals surface area contributed by atoms with E-state index in [1.807, 2.05) is 30.5 Å². The third-order valence-electron chi connectivity index (χ3n) is 5.32. The number of ether oxygens (including phenoxy) is 1. The quantitative estimate of drug-likeness (QED) is 0.646. The highest BCUT2D eigenvalue weighted by atomic mass is 32.2. The van der Waals surface area contributed by atoms with Crippen molar-refractivity contribution in [2.75, 3.05) is 13.1 Å². The van der Waals surface area contributed by atoms with E-state index in [0.29, 0.717) is 30.6 Å². The number of para-hydroxylation sites is 1. The van der Waals surface area contributed by atoms with Gasteiger partial charge in [-0.05, 0) is 50.6 Å². The number of sulfonamides is 1. The maximum atomic E-state index is 13.1. The Hall–Kier alpha value is -2.84. The van der Waals surface area contributed by atoms with Gasteiger partial charge in [0.05, 0.1) is 16.6 Å². The molecule has 0 amide bonds. The number of benzene rings is 2. The number of rotatable bonds is 6. The molecule has 1 N–H and O–H groups in total. The van der Waals surface area contributed by atoms with Crippen LogP contribution in [-0.4, -0.2) is 47.6 Å². The number of aromatic carboxylic acids is 1. The standard InChI is InChI=1S/C22H24N2O5S/c1-15(2)29-17-7-9-18(10-8-17)30(27,28)23-12-11-16(13-23)24-14-20(22(25)26)19-5-3-4-6-21(19)24/h3-10,14-16H,11-13H2,1-2H3,(H,25,26). The second-order valence-corrected chi connectivity index (χ2v) is 9.65. The predicted octanol–water partition coefficient (Wildman–Crippen LogP) is 3.76. The monoisotopic (exact) mass is 428 g/mol. The summed E-state index contributed by atoms with van der Waals surface area (Å²) in [5.74, 6) is -0.362. The van der Waals surface area contributed by atoms with Crippen molar-refractivity contribution in [3.8, 4) is 5.75 Å². The normalized spacial score (nSPS) is 17.6. The largest absolute Gasteiger partial charge is 0.491 e. The lowest BCUT2D eigenvalue weighted by Crippen LogP contribution is -2.29. The molecule has 2 aromatic carbocycles. The molecule has 1 fully saturated rings. The lowest BCUT2D eigenvalue weighted by molar-refractivity contribution is 0.0698. The Bertz CT molecular complexity index is 1180. The van der Waals surface area contributed by atoms with Crippen LogP contribution in [0, 0.1) is 0 Å². The number of hydrogen-bond acceptors (Lipinski definition) is 4. The zero-order valence-corrected chi connectivity index (χ0v) is 17.7. The van der Waals surface area contributed by atoms with E-state index in [4.69, 9.17) is 4.74 Å². The van der Waals surface area contributed by atoms with Crippen LogP contribution in [0.3, 0.4) is 0 Å². The maximum absolute atomic E-state index is 13.1. The third kappa shape index (κ3) is 3.68. The van der Waals surface area contributed by atoms with Crippen LogP contribution in [0.4, 0.5) is 0 Å². The average molecular weight is 429 g/mol. The minimum absolute atomic E-state index is 0.0129. The first-order chi connectivity index (χ1) is 14.3. The summed E-state index contributed by atoms with van der Waals surface area (Å²) in [6, 6.07) is 13.6. The Labute approximate surface area is 175 Å². The van der Waals surface area contributed by atoms with Gasteiger partial charge >= 0.3 is 5.97 Å². The summed E-state index contributed by atoms with van der Waals surface area (Å²) >= 11 is 0. The molecule has 0 bridgehead atoms. The van der Waals surface area contributed by atoms with Crippen LogP contribution in [0.15, 0.2) is 59.6 Å². The Balaban J connectivity index is 1.59.